The smallest absolute Gasteiger partial charge is 0.226 e. The van der Waals surface area contributed by atoms with E-state index < -0.39 is 0 Å². The van der Waals surface area contributed by atoms with Crippen LogP contribution in [0.15, 0.2) is 48.8 Å². The zero-order valence-electron chi connectivity index (χ0n) is 23.1. The van der Waals surface area contributed by atoms with Crippen molar-refractivity contribution >= 4 is 28.3 Å². The van der Waals surface area contributed by atoms with Crippen LogP contribution in [0.3, 0.4) is 0 Å². The summed E-state index contributed by atoms with van der Waals surface area (Å²) in [5.74, 6) is 0.0584. The molecule has 41 heavy (non-hydrogen) atoms. The molecule has 1 aliphatic heterocycles. The Morgan fingerprint density at radius 2 is 1.80 bits per heavy atom. The minimum Gasteiger partial charge on any atom is -0.342 e. The fourth-order valence-corrected chi connectivity index (χ4v) is 7.03. The number of thiazole rings is 1. The number of hydrogen-bond donors (Lipinski definition) is 2. The molecule has 4 heterocycles. The Bertz CT molecular complexity index is 1580. The highest BCUT2D eigenvalue weighted by Gasteiger charge is 2.31. The summed E-state index contributed by atoms with van der Waals surface area (Å²) in [6, 6.07) is 13.4. The van der Waals surface area contributed by atoms with E-state index >= 15 is 0 Å². The van der Waals surface area contributed by atoms with Gasteiger partial charge < -0.3 is 15.5 Å². The second-order valence-corrected chi connectivity index (χ2v) is 12.2. The van der Waals surface area contributed by atoms with Crippen LogP contribution in [0.5, 0.6) is 0 Å². The Balaban J connectivity index is 1.15. The molecule has 3 aromatic heterocycles. The van der Waals surface area contributed by atoms with E-state index in [2.05, 4.69) is 15.6 Å². The third kappa shape index (κ3) is 5.41. The molecule has 2 N–H and O–H groups in total. The summed E-state index contributed by atoms with van der Waals surface area (Å²) in [5.41, 5.74) is 6.93. The molecule has 0 radical (unpaired) electrons. The molecule has 1 aromatic carbocycles. The van der Waals surface area contributed by atoms with E-state index in [-0.39, 0.29) is 11.8 Å². The molecule has 0 bridgehead atoms. The maximum atomic E-state index is 13.1. The minimum atomic E-state index is -0.134. The Morgan fingerprint density at radius 3 is 2.51 bits per heavy atom. The molecule has 2 aliphatic carbocycles. The number of hydrogen-bond acceptors (Lipinski definition) is 7. The van der Waals surface area contributed by atoms with E-state index in [0.717, 1.165) is 83.1 Å². The first-order valence-electron chi connectivity index (χ1n) is 14.4. The molecule has 0 spiro atoms. The zero-order valence-corrected chi connectivity index (χ0v) is 23.9. The molecule has 2 fully saturated rings. The van der Waals surface area contributed by atoms with Gasteiger partial charge in [-0.05, 0) is 68.4 Å². The zero-order chi connectivity index (χ0) is 27.9. The Hall–Kier alpha value is -3.89. The number of anilines is 1. The molecule has 1 saturated carbocycles. The number of aromatic nitrogens is 4. The van der Waals surface area contributed by atoms with Gasteiger partial charge in [0.25, 0.3) is 0 Å². The van der Waals surface area contributed by atoms with Gasteiger partial charge in [-0.1, -0.05) is 23.5 Å². The van der Waals surface area contributed by atoms with E-state index in [0.29, 0.717) is 23.6 Å². The number of amides is 2. The summed E-state index contributed by atoms with van der Waals surface area (Å²) < 4.78 is 1.98. The van der Waals surface area contributed by atoms with Gasteiger partial charge >= 0.3 is 0 Å². The number of benzene rings is 1. The molecule has 7 rings (SSSR count). The van der Waals surface area contributed by atoms with Crippen LogP contribution < -0.4 is 10.6 Å². The first-order chi connectivity index (χ1) is 20.0. The highest BCUT2D eigenvalue weighted by atomic mass is 32.1. The maximum absolute atomic E-state index is 13.1. The number of nitrogens with one attached hydrogen (secondary N) is 2. The molecule has 10 heteroatoms. The molecular formula is C31H33N7O2S. The second-order valence-electron chi connectivity index (χ2n) is 11.2. The fraction of sp³-hybridized carbons (Fsp3) is 0.387. The third-order valence-corrected chi connectivity index (χ3v) is 9.18. The normalized spacial score (nSPS) is 16.8. The van der Waals surface area contributed by atoms with Gasteiger partial charge in [0.05, 0.1) is 34.1 Å². The number of carbonyl (C=O) groups excluding carboxylic acids is 2. The van der Waals surface area contributed by atoms with Crippen molar-refractivity contribution in [1.29, 1.82) is 0 Å². The van der Waals surface area contributed by atoms with E-state index in [1.54, 1.807) is 6.20 Å². The summed E-state index contributed by atoms with van der Waals surface area (Å²) in [6.07, 6.45) is 10.3. The topological polar surface area (TPSA) is 105 Å². The third-order valence-electron chi connectivity index (χ3n) is 8.16. The van der Waals surface area contributed by atoms with E-state index in [9.17, 15) is 9.59 Å². The predicted octanol–water partition coefficient (Wildman–Crippen LogP) is 4.40. The SMILES string of the molecule is CC(=O)Nc1nc2c(s1)-c1c(c(-c3cccnc3)nn1-c1ccc(CC(=O)N3CCC(NC4CC4)CC3)cc1)CC2. The molecule has 1 saturated heterocycles. The average Bonchev–Trinajstić information content (AvgIpc) is 3.57. The number of carbonyl (C=O) groups is 2. The van der Waals surface area contributed by atoms with Gasteiger partial charge in [0.2, 0.25) is 11.8 Å². The van der Waals surface area contributed by atoms with Crippen LogP contribution in [0, 0.1) is 0 Å². The Morgan fingerprint density at radius 1 is 1.02 bits per heavy atom. The second kappa shape index (κ2) is 10.8. The van der Waals surface area contributed by atoms with Crippen LogP contribution in [0.2, 0.25) is 0 Å². The molecule has 4 aromatic rings. The van der Waals surface area contributed by atoms with E-state index in [1.165, 1.54) is 31.1 Å². The van der Waals surface area contributed by atoms with Crippen molar-refractivity contribution in [2.45, 2.75) is 64.0 Å². The number of pyridine rings is 1. The van der Waals surface area contributed by atoms with Crippen LogP contribution in [-0.4, -0.2) is 61.6 Å². The van der Waals surface area contributed by atoms with Crippen molar-refractivity contribution in [3.05, 3.63) is 65.6 Å². The number of nitrogens with zero attached hydrogens (tertiary/aromatic N) is 5. The van der Waals surface area contributed by atoms with Crippen molar-refractivity contribution < 1.29 is 9.59 Å². The van der Waals surface area contributed by atoms with Gasteiger partial charge in [0.15, 0.2) is 5.13 Å². The largest absolute Gasteiger partial charge is 0.342 e. The van der Waals surface area contributed by atoms with Crippen molar-refractivity contribution in [2.75, 3.05) is 18.4 Å². The van der Waals surface area contributed by atoms with Gasteiger partial charge in [-0.15, -0.1) is 0 Å². The molecular weight excluding hydrogens is 534 g/mol. The predicted molar refractivity (Wildman–Crippen MR) is 159 cm³/mol. The van der Waals surface area contributed by atoms with Crippen LogP contribution in [-0.2, 0) is 28.9 Å². The van der Waals surface area contributed by atoms with Gasteiger partial charge in [0.1, 0.15) is 0 Å². The standard InChI is InChI=1S/C31H33N7O2S/c1-19(39)33-31-35-26-11-10-25-28(21-3-2-14-32-18-21)36-38(29(25)30(26)41-31)24-8-4-20(5-9-24)17-27(40)37-15-12-23(13-16-37)34-22-6-7-22/h2-5,8-9,14,18,22-23,34H,6-7,10-13,15-17H2,1H3,(H,33,35,39). The number of fused-ring (bicyclic) bond motifs is 3. The lowest BCUT2D eigenvalue weighted by Gasteiger charge is -2.32. The lowest BCUT2D eigenvalue weighted by Crippen LogP contribution is -2.45. The van der Waals surface area contributed by atoms with Crippen LogP contribution in [0.1, 0.15) is 49.4 Å². The van der Waals surface area contributed by atoms with Gasteiger partial charge in [-0.3, -0.25) is 14.6 Å². The van der Waals surface area contributed by atoms with Crippen molar-refractivity contribution in [2.24, 2.45) is 0 Å². The maximum Gasteiger partial charge on any atom is 0.226 e. The summed E-state index contributed by atoms with van der Waals surface area (Å²) in [6.45, 7) is 3.16. The lowest BCUT2D eigenvalue weighted by atomic mass is 9.95. The first-order valence-corrected chi connectivity index (χ1v) is 15.3. The monoisotopic (exact) mass is 567 g/mol. The molecule has 210 valence electrons. The molecule has 9 nitrogen and oxygen atoms in total. The van der Waals surface area contributed by atoms with Crippen molar-refractivity contribution in [3.8, 4) is 27.5 Å². The Kier molecular flexibility index (Phi) is 6.88. The van der Waals surface area contributed by atoms with E-state index in [1.807, 2.05) is 52.2 Å². The quantitative estimate of drug-likeness (QED) is 0.343. The van der Waals surface area contributed by atoms with Gasteiger partial charge in [-0.2, -0.15) is 5.10 Å². The first kappa shape index (κ1) is 26.0. The summed E-state index contributed by atoms with van der Waals surface area (Å²) in [5, 5.41) is 12.2. The molecule has 0 unspecified atom stereocenters. The Labute approximate surface area is 243 Å². The molecule has 2 amide bonds. The van der Waals surface area contributed by atoms with Crippen molar-refractivity contribution in [3.63, 3.8) is 0 Å². The number of likely N-dealkylation sites (tertiary alicyclic amines) is 1. The van der Waals surface area contributed by atoms with Crippen LogP contribution >= 0.6 is 11.3 Å². The fourth-order valence-electron chi connectivity index (χ4n) is 5.92. The summed E-state index contributed by atoms with van der Waals surface area (Å²) in [4.78, 5) is 36.9. The van der Waals surface area contributed by atoms with E-state index in [4.69, 9.17) is 10.1 Å². The van der Waals surface area contributed by atoms with Crippen LogP contribution in [0.4, 0.5) is 5.13 Å². The van der Waals surface area contributed by atoms with Crippen LogP contribution in [0.25, 0.3) is 27.5 Å². The van der Waals surface area contributed by atoms with Crippen molar-refractivity contribution in [1.82, 2.24) is 30.0 Å². The minimum absolute atomic E-state index is 0.134. The lowest BCUT2D eigenvalue weighted by molar-refractivity contribution is -0.131. The highest BCUT2D eigenvalue weighted by molar-refractivity contribution is 7.19. The summed E-state index contributed by atoms with van der Waals surface area (Å²) >= 11 is 1.48. The summed E-state index contributed by atoms with van der Waals surface area (Å²) in [7, 11) is 0. The molecule has 3 aliphatic rings. The molecule has 0 atom stereocenters. The average molecular weight is 568 g/mol. The number of piperidine rings is 1. The van der Waals surface area contributed by atoms with Gasteiger partial charge in [0, 0.05) is 55.6 Å². The number of aryl methyl sites for hydroxylation is 1. The highest BCUT2D eigenvalue weighted by Crippen LogP contribution is 2.44. The number of rotatable bonds is 7. The van der Waals surface area contributed by atoms with Gasteiger partial charge in [-0.25, -0.2) is 9.67 Å².